The van der Waals surface area contributed by atoms with Gasteiger partial charge in [0.25, 0.3) is 5.56 Å². The van der Waals surface area contributed by atoms with E-state index in [1.807, 2.05) is 0 Å². The smallest absolute Gasteiger partial charge is 0.330 e. The Morgan fingerprint density at radius 3 is 2.00 bits per heavy atom. The number of nitrogens with zero attached hydrogens (tertiary/aromatic N) is 1. The number of unbranched alkanes of at least 4 members (excludes halogenated alkanes) is 13. The molecule has 0 amide bonds. The predicted molar refractivity (Wildman–Crippen MR) is 148 cm³/mol. The highest BCUT2D eigenvalue weighted by Gasteiger charge is 2.49. The van der Waals surface area contributed by atoms with Crippen LogP contribution in [0.3, 0.4) is 0 Å². The van der Waals surface area contributed by atoms with E-state index in [2.05, 4.69) is 11.9 Å². The fraction of sp³-hybridized carbons (Fsp3) is 0.852. The zero-order valence-corrected chi connectivity index (χ0v) is 24.4. The van der Waals surface area contributed by atoms with Gasteiger partial charge in [0.05, 0.1) is 6.61 Å². The first-order valence-corrected chi connectivity index (χ1v) is 16.4. The van der Waals surface area contributed by atoms with Gasteiger partial charge < -0.3 is 19.1 Å². The molecular formula is C27H49N2O8P. The molecule has 0 aliphatic carbocycles. The third kappa shape index (κ3) is 12.3. The number of nitrogens with one attached hydrogen (secondary N) is 1. The summed E-state index contributed by atoms with van der Waals surface area (Å²) in [7, 11) is -2.41. The number of hydrogen-bond acceptors (Lipinski definition) is 7. The van der Waals surface area contributed by atoms with Crippen molar-refractivity contribution in [2.75, 3.05) is 27.0 Å². The van der Waals surface area contributed by atoms with Gasteiger partial charge >= 0.3 is 13.3 Å². The number of hydrogen-bond donors (Lipinski definition) is 2. The van der Waals surface area contributed by atoms with E-state index in [0.29, 0.717) is 6.61 Å². The van der Waals surface area contributed by atoms with Crippen LogP contribution in [0.25, 0.3) is 0 Å². The van der Waals surface area contributed by atoms with Gasteiger partial charge in [-0.15, -0.1) is 0 Å². The van der Waals surface area contributed by atoms with Crippen LogP contribution < -0.4 is 11.2 Å². The maximum absolute atomic E-state index is 12.4. The second kappa shape index (κ2) is 18.1. The zero-order chi connectivity index (χ0) is 27.8. The third-order valence-corrected chi connectivity index (χ3v) is 7.50. The molecule has 0 radical (unpaired) electrons. The summed E-state index contributed by atoms with van der Waals surface area (Å²) in [6, 6.07) is 1.21. The number of rotatable bonds is 21. The average molecular weight is 561 g/mol. The van der Waals surface area contributed by atoms with E-state index in [1.165, 1.54) is 94.6 Å². The van der Waals surface area contributed by atoms with Crippen molar-refractivity contribution < 1.29 is 28.2 Å². The summed E-state index contributed by atoms with van der Waals surface area (Å²) in [6.07, 6.45) is 15.4. The van der Waals surface area contributed by atoms with E-state index in [0.717, 1.165) is 25.9 Å². The van der Waals surface area contributed by atoms with Gasteiger partial charge in [0.1, 0.15) is 18.3 Å². The second-order valence-corrected chi connectivity index (χ2v) is 12.2. The average Bonchev–Trinajstić information content (AvgIpc) is 3.17. The number of H-pyrrole nitrogens is 1. The molecule has 1 aliphatic rings. The molecular weight excluding hydrogens is 511 g/mol. The summed E-state index contributed by atoms with van der Waals surface area (Å²) >= 11 is 0. The molecule has 38 heavy (non-hydrogen) atoms. The van der Waals surface area contributed by atoms with Crippen molar-refractivity contribution in [1.29, 1.82) is 0 Å². The van der Waals surface area contributed by atoms with Crippen LogP contribution in [-0.4, -0.2) is 59.7 Å². The first-order chi connectivity index (χ1) is 18.3. The molecule has 11 heteroatoms. The lowest BCUT2D eigenvalue weighted by Crippen LogP contribution is -2.40. The van der Waals surface area contributed by atoms with Crippen molar-refractivity contribution in [2.24, 2.45) is 0 Å². The molecule has 1 saturated heterocycles. The molecule has 2 heterocycles. The molecule has 2 N–H and O–H groups in total. The molecule has 0 bridgehead atoms. The van der Waals surface area contributed by atoms with Gasteiger partial charge in [0.15, 0.2) is 6.23 Å². The van der Waals surface area contributed by atoms with Gasteiger partial charge in [-0.05, 0) is 6.42 Å². The van der Waals surface area contributed by atoms with Gasteiger partial charge in [-0.25, -0.2) is 4.79 Å². The fourth-order valence-electron chi connectivity index (χ4n) is 4.90. The minimum atomic E-state index is -3.89. The number of ether oxygens (including phenoxy) is 3. The van der Waals surface area contributed by atoms with Crippen LogP contribution >= 0.6 is 7.60 Å². The zero-order valence-electron chi connectivity index (χ0n) is 23.5. The van der Waals surface area contributed by atoms with Crippen LogP contribution in [-0.2, 0) is 23.3 Å². The molecule has 2 rings (SSSR count). The standard InChI is InChI=1S/C27H49N2O8P/c1-4-5-6-7-8-9-10-11-12-13-14-15-16-17-20-35-25-24(37-38(3,32)33)22(21-34-2)36-26(25)29-19-18-23(30)28-27(29)31/h18-19,22,24-26H,4-17,20-21H2,1-3H3,(H,32,33)(H,28,30,31)/t22?,24-,25-,26?/m0/s1. The molecule has 3 unspecified atom stereocenters. The lowest BCUT2D eigenvalue weighted by atomic mass is 10.0. The summed E-state index contributed by atoms with van der Waals surface area (Å²) < 4.78 is 36.1. The summed E-state index contributed by atoms with van der Waals surface area (Å²) in [5.41, 5.74) is -1.19. The fourth-order valence-corrected chi connectivity index (χ4v) is 5.61. The summed E-state index contributed by atoms with van der Waals surface area (Å²) in [6.45, 7) is 3.82. The lowest BCUT2D eigenvalue weighted by molar-refractivity contribution is -0.0768. The maximum atomic E-state index is 12.4. The Kier molecular flexibility index (Phi) is 15.7. The highest BCUT2D eigenvalue weighted by atomic mass is 31.2. The first-order valence-electron chi connectivity index (χ1n) is 14.3. The summed E-state index contributed by atoms with van der Waals surface area (Å²) in [4.78, 5) is 36.1. The van der Waals surface area contributed by atoms with Crippen LogP contribution in [0.4, 0.5) is 0 Å². The summed E-state index contributed by atoms with van der Waals surface area (Å²) in [5, 5.41) is 0. The molecule has 5 atom stereocenters. The van der Waals surface area contributed by atoms with Gasteiger partial charge in [0, 0.05) is 32.6 Å². The molecule has 0 spiro atoms. The Morgan fingerprint density at radius 1 is 0.947 bits per heavy atom. The van der Waals surface area contributed by atoms with E-state index < -0.39 is 43.4 Å². The van der Waals surface area contributed by atoms with E-state index in [9.17, 15) is 19.0 Å². The largest absolute Gasteiger partial charge is 0.382 e. The van der Waals surface area contributed by atoms with Crippen LogP contribution in [0.5, 0.6) is 0 Å². The highest BCUT2D eigenvalue weighted by Crippen LogP contribution is 2.45. The minimum Gasteiger partial charge on any atom is -0.382 e. The van der Waals surface area contributed by atoms with E-state index in [4.69, 9.17) is 18.7 Å². The van der Waals surface area contributed by atoms with Crippen LogP contribution in [0, 0.1) is 0 Å². The first kappa shape index (κ1) is 32.9. The molecule has 0 aromatic carbocycles. The molecule has 1 aromatic heterocycles. The van der Waals surface area contributed by atoms with Crippen molar-refractivity contribution >= 4 is 7.60 Å². The number of aromatic nitrogens is 2. The van der Waals surface area contributed by atoms with Crippen LogP contribution in [0.1, 0.15) is 103 Å². The second-order valence-electron chi connectivity index (χ2n) is 10.3. The molecule has 1 fully saturated rings. The molecule has 10 nitrogen and oxygen atoms in total. The molecule has 0 saturated carbocycles. The Bertz CT molecular complexity index is 930. The molecule has 1 aromatic rings. The van der Waals surface area contributed by atoms with Crippen molar-refractivity contribution in [3.63, 3.8) is 0 Å². The van der Waals surface area contributed by atoms with Crippen molar-refractivity contribution in [1.82, 2.24) is 9.55 Å². The number of aromatic amines is 1. The van der Waals surface area contributed by atoms with Crippen molar-refractivity contribution in [3.8, 4) is 0 Å². The molecule has 220 valence electrons. The lowest BCUT2D eigenvalue weighted by Gasteiger charge is -2.26. The van der Waals surface area contributed by atoms with Gasteiger partial charge in [-0.3, -0.25) is 23.4 Å². The number of methoxy groups -OCH3 is 1. The Balaban J connectivity index is 1.78. The van der Waals surface area contributed by atoms with E-state index in [-0.39, 0.29) is 6.61 Å². The summed E-state index contributed by atoms with van der Waals surface area (Å²) in [5.74, 6) is 0. The van der Waals surface area contributed by atoms with Crippen LogP contribution in [0.2, 0.25) is 0 Å². The van der Waals surface area contributed by atoms with Crippen LogP contribution in [0.15, 0.2) is 21.9 Å². The predicted octanol–water partition coefficient (Wildman–Crippen LogP) is 5.15. The van der Waals surface area contributed by atoms with Gasteiger partial charge in [0.2, 0.25) is 0 Å². The quantitative estimate of drug-likeness (QED) is 0.156. The Morgan fingerprint density at radius 2 is 1.50 bits per heavy atom. The SMILES string of the molecule is CCCCCCCCCCCCCCCCO[C@@H]1C(n2ccc(=O)[nH]c2=O)OC(COC)[C@@H]1OP(C)(=O)O. The van der Waals surface area contributed by atoms with Crippen molar-refractivity contribution in [3.05, 3.63) is 33.1 Å². The third-order valence-electron chi connectivity index (χ3n) is 6.87. The van der Waals surface area contributed by atoms with E-state index >= 15 is 0 Å². The maximum Gasteiger partial charge on any atom is 0.330 e. The molecule has 1 aliphatic heterocycles. The Labute approximate surface area is 227 Å². The minimum absolute atomic E-state index is 0.0813. The Hall–Kier alpha value is -1.29. The van der Waals surface area contributed by atoms with Gasteiger partial charge in [-0.2, -0.15) is 0 Å². The topological polar surface area (TPSA) is 129 Å². The monoisotopic (exact) mass is 560 g/mol. The van der Waals surface area contributed by atoms with Gasteiger partial charge in [-0.1, -0.05) is 90.4 Å². The normalized spacial score (nSPS) is 23.1. The highest BCUT2D eigenvalue weighted by molar-refractivity contribution is 7.51. The van der Waals surface area contributed by atoms with Crippen molar-refractivity contribution in [2.45, 2.75) is 121 Å². The van der Waals surface area contributed by atoms with E-state index in [1.54, 1.807) is 0 Å².